The second-order valence-electron chi connectivity index (χ2n) is 7.13. The number of carbonyl (C=O) groups excluding carboxylic acids is 1. The lowest BCUT2D eigenvalue weighted by atomic mass is 9.96. The van der Waals surface area contributed by atoms with Crippen LogP contribution < -0.4 is 5.32 Å². The smallest absolute Gasteiger partial charge is 0.291 e. The summed E-state index contributed by atoms with van der Waals surface area (Å²) in [7, 11) is 0. The molecule has 0 bridgehead atoms. The molecule has 0 saturated carbocycles. The molecular weight excluding hydrogens is 392 g/mol. The van der Waals surface area contributed by atoms with Gasteiger partial charge in [-0.2, -0.15) is 0 Å². The Morgan fingerprint density at radius 1 is 1.18 bits per heavy atom. The molecule has 2 aromatic heterocycles. The zero-order chi connectivity index (χ0) is 19.5. The molecule has 1 aliphatic heterocycles. The summed E-state index contributed by atoms with van der Waals surface area (Å²) in [5, 5.41) is 4.66. The van der Waals surface area contributed by atoms with Crippen molar-refractivity contribution in [2.24, 2.45) is 0 Å². The van der Waals surface area contributed by atoms with E-state index in [-0.39, 0.29) is 11.9 Å². The molecule has 1 unspecified atom stereocenters. The predicted molar refractivity (Wildman–Crippen MR) is 114 cm³/mol. The zero-order valence-electron chi connectivity index (χ0n) is 15.8. The van der Waals surface area contributed by atoms with Crippen LogP contribution in [-0.4, -0.2) is 23.9 Å². The van der Waals surface area contributed by atoms with Gasteiger partial charge in [-0.1, -0.05) is 30.2 Å². The van der Waals surface area contributed by atoms with Gasteiger partial charge in [-0.3, -0.25) is 9.69 Å². The summed E-state index contributed by atoms with van der Waals surface area (Å²) >= 11 is 7.91. The Kier molecular flexibility index (Phi) is 5.85. The highest BCUT2D eigenvalue weighted by atomic mass is 35.5. The van der Waals surface area contributed by atoms with Crippen LogP contribution in [0.5, 0.6) is 0 Å². The van der Waals surface area contributed by atoms with Gasteiger partial charge in [-0.15, -0.1) is 11.3 Å². The predicted octanol–water partition coefficient (Wildman–Crippen LogP) is 6.13. The Bertz CT molecular complexity index is 945. The summed E-state index contributed by atoms with van der Waals surface area (Å²) in [6, 6.07) is 13.7. The molecule has 6 heteroatoms. The largest absolute Gasteiger partial charge is 0.459 e. The van der Waals surface area contributed by atoms with Gasteiger partial charge in [-0.05, 0) is 68.8 Å². The molecule has 146 valence electrons. The average Bonchev–Trinajstić information content (AvgIpc) is 3.34. The Morgan fingerprint density at radius 2 is 2.00 bits per heavy atom. The van der Waals surface area contributed by atoms with E-state index in [9.17, 15) is 4.79 Å². The monoisotopic (exact) mass is 414 g/mol. The van der Waals surface area contributed by atoms with E-state index < -0.39 is 0 Å². The summed E-state index contributed by atoms with van der Waals surface area (Å²) in [6.07, 6.45) is 5.16. The minimum absolute atomic E-state index is 0.0656. The van der Waals surface area contributed by atoms with Gasteiger partial charge < -0.3 is 9.73 Å². The molecule has 1 aromatic carbocycles. The van der Waals surface area contributed by atoms with Crippen molar-refractivity contribution in [1.29, 1.82) is 0 Å². The number of likely N-dealkylation sites (tertiary alicyclic amines) is 1. The standard InChI is InChI=1S/C22H23ClN2O2S/c1-15-13-18(22(28-15)24-21(26)19-9-6-12-27-19)20(25-10-3-2-4-11-25)16-7-5-8-17(23)14-16/h5-9,12-14,20H,2-4,10-11H2,1H3,(H,24,26). The molecule has 0 spiro atoms. The van der Waals surface area contributed by atoms with Crippen molar-refractivity contribution >= 4 is 33.8 Å². The molecule has 3 aromatic rings. The van der Waals surface area contributed by atoms with Gasteiger partial charge >= 0.3 is 0 Å². The summed E-state index contributed by atoms with van der Waals surface area (Å²) < 4.78 is 5.26. The first-order valence-corrected chi connectivity index (χ1v) is 10.8. The fourth-order valence-corrected chi connectivity index (χ4v) is 4.99. The number of halogens is 1. The van der Waals surface area contributed by atoms with Crippen molar-refractivity contribution in [3.63, 3.8) is 0 Å². The Morgan fingerprint density at radius 3 is 2.71 bits per heavy atom. The van der Waals surface area contributed by atoms with Crippen LogP contribution in [0.4, 0.5) is 5.00 Å². The van der Waals surface area contributed by atoms with Crippen LogP contribution in [0.25, 0.3) is 0 Å². The van der Waals surface area contributed by atoms with Crippen LogP contribution in [0.3, 0.4) is 0 Å². The number of rotatable bonds is 5. The van der Waals surface area contributed by atoms with Gasteiger partial charge in [0.2, 0.25) is 0 Å². The minimum Gasteiger partial charge on any atom is -0.459 e. The van der Waals surface area contributed by atoms with Gasteiger partial charge in [0.15, 0.2) is 5.76 Å². The SMILES string of the molecule is Cc1cc(C(c2cccc(Cl)c2)N2CCCCC2)c(NC(=O)c2ccco2)s1. The van der Waals surface area contributed by atoms with Gasteiger partial charge in [0.05, 0.1) is 12.3 Å². The zero-order valence-corrected chi connectivity index (χ0v) is 17.4. The number of furan rings is 1. The minimum atomic E-state index is -0.225. The molecule has 4 nitrogen and oxygen atoms in total. The van der Waals surface area contributed by atoms with E-state index in [2.05, 4.69) is 29.3 Å². The molecule has 1 saturated heterocycles. The van der Waals surface area contributed by atoms with E-state index in [0.717, 1.165) is 39.1 Å². The van der Waals surface area contributed by atoms with Crippen LogP contribution in [0.1, 0.15) is 51.9 Å². The number of carbonyl (C=O) groups is 1. The molecule has 0 aliphatic carbocycles. The number of thiophene rings is 1. The Hall–Kier alpha value is -2.08. The van der Waals surface area contributed by atoms with Crippen molar-refractivity contribution in [3.8, 4) is 0 Å². The molecule has 1 atom stereocenters. The molecule has 4 rings (SSSR count). The topological polar surface area (TPSA) is 45.5 Å². The maximum atomic E-state index is 12.6. The molecule has 28 heavy (non-hydrogen) atoms. The second-order valence-corrected chi connectivity index (χ2v) is 8.82. The highest BCUT2D eigenvalue weighted by molar-refractivity contribution is 7.16. The Balaban J connectivity index is 1.72. The maximum absolute atomic E-state index is 12.6. The summed E-state index contributed by atoms with van der Waals surface area (Å²) in [4.78, 5) is 16.3. The fourth-order valence-electron chi connectivity index (χ4n) is 3.85. The van der Waals surface area contributed by atoms with Crippen molar-refractivity contribution in [1.82, 2.24) is 4.90 Å². The van der Waals surface area contributed by atoms with Gasteiger partial charge in [0.25, 0.3) is 5.91 Å². The van der Waals surface area contributed by atoms with E-state index in [4.69, 9.17) is 16.0 Å². The lowest BCUT2D eigenvalue weighted by Gasteiger charge is -2.35. The summed E-state index contributed by atoms with van der Waals surface area (Å²) in [5.41, 5.74) is 2.27. The van der Waals surface area contributed by atoms with Crippen LogP contribution in [0.2, 0.25) is 5.02 Å². The van der Waals surface area contributed by atoms with E-state index in [1.54, 1.807) is 23.5 Å². The summed E-state index contributed by atoms with van der Waals surface area (Å²) in [6.45, 7) is 4.15. The molecule has 3 heterocycles. The van der Waals surface area contributed by atoms with E-state index >= 15 is 0 Å². The van der Waals surface area contributed by atoms with Crippen LogP contribution in [-0.2, 0) is 0 Å². The molecule has 1 aliphatic rings. The number of benzene rings is 1. The third-order valence-electron chi connectivity index (χ3n) is 5.07. The van der Waals surface area contributed by atoms with Crippen LogP contribution in [0, 0.1) is 6.92 Å². The van der Waals surface area contributed by atoms with Crippen molar-refractivity contribution in [2.45, 2.75) is 32.2 Å². The Labute approximate surface area is 174 Å². The highest BCUT2D eigenvalue weighted by Crippen LogP contribution is 2.40. The lowest BCUT2D eigenvalue weighted by Crippen LogP contribution is -2.34. The molecule has 1 N–H and O–H groups in total. The lowest BCUT2D eigenvalue weighted by molar-refractivity contribution is 0.0996. The highest BCUT2D eigenvalue weighted by Gasteiger charge is 2.28. The third-order valence-corrected chi connectivity index (χ3v) is 6.29. The van der Waals surface area contributed by atoms with Gasteiger partial charge in [-0.25, -0.2) is 0 Å². The fraction of sp³-hybridized carbons (Fsp3) is 0.318. The van der Waals surface area contributed by atoms with Crippen molar-refractivity contribution < 1.29 is 9.21 Å². The number of hydrogen-bond donors (Lipinski definition) is 1. The number of aryl methyl sites for hydroxylation is 1. The molecule has 1 amide bonds. The maximum Gasteiger partial charge on any atom is 0.291 e. The average molecular weight is 415 g/mol. The van der Waals surface area contributed by atoms with Crippen molar-refractivity contribution in [2.75, 3.05) is 18.4 Å². The third kappa shape index (κ3) is 4.17. The first-order chi connectivity index (χ1) is 13.6. The number of nitrogens with one attached hydrogen (secondary N) is 1. The number of hydrogen-bond acceptors (Lipinski definition) is 4. The normalized spacial score (nSPS) is 16.1. The number of amides is 1. The van der Waals surface area contributed by atoms with Gasteiger partial charge in [0, 0.05) is 15.5 Å². The quantitative estimate of drug-likeness (QED) is 0.546. The first kappa shape index (κ1) is 19.2. The first-order valence-electron chi connectivity index (χ1n) is 9.56. The van der Waals surface area contributed by atoms with Gasteiger partial charge in [0.1, 0.15) is 5.00 Å². The number of nitrogens with zero attached hydrogens (tertiary/aromatic N) is 1. The van der Waals surface area contributed by atoms with E-state index in [1.807, 2.05) is 18.2 Å². The molecular formula is C22H23ClN2O2S. The van der Waals surface area contributed by atoms with E-state index in [0.29, 0.717) is 5.76 Å². The van der Waals surface area contributed by atoms with E-state index in [1.165, 1.54) is 25.5 Å². The van der Waals surface area contributed by atoms with Crippen molar-refractivity contribution in [3.05, 3.63) is 75.5 Å². The summed E-state index contributed by atoms with van der Waals surface area (Å²) in [5.74, 6) is 0.0888. The molecule has 1 fully saturated rings. The molecule has 0 radical (unpaired) electrons. The second kappa shape index (κ2) is 8.52. The number of anilines is 1. The number of piperidine rings is 1. The van der Waals surface area contributed by atoms with Crippen LogP contribution >= 0.6 is 22.9 Å². The van der Waals surface area contributed by atoms with Crippen LogP contribution in [0.15, 0.2) is 53.1 Å².